The second-order valence-corrected chi connectivity index (χ2v) is 4.75. The van der Waals surface area contributed by atoms with E-state index in [1.165, 1.54) is 0 Å². The van der Waals surface area contributed by atoms with Gasteiger partial charge in [0, 0.05) is 12.2 Å². The Kier molecular flexibility index (Phi) is 3.95. The molecule has 0 saturated heterocycles. The molecule has 1 N–H and O–H groups in total. The fourth-order valence-electron chi connectivity index (χ4n) is 1.03. The number of aliphatic hydroxyl groups excluding tert-OH is 1. The summed E-state index contributed by atoms with van der Waals surface area (Å²) in [5.74, 6) is 1.51. The lowest BCUT2D eigenvalue weighted by Crippen LogP contribution is -2.15. The van der Waals surface area contributed by atoms with Crippen molar-refractivity contribution < 1.29 is 9.84 Å². The fourth-order valence-corrected chi connectivity index (χ4v) is 1.77. The van der Waals surface area contributed by atoms with Crippen LogP contribution < -0.4 is 0 Å². The zero-order valence-corrected chi connectivity index (χ0v) is 8.43. The second kappa shape index (κ2) is 4.77. The minimum absolute atomic E-state index is 0.403. The third-order valence-corrected chi connectivity index (χ3v) is 2.82. The van der Waals surface area contributed by atoms with Gasteiger partial charge in [0.2, 0.25) is 0 Å². The zero-order valence-electron chi connectivity index (χ0n) is 7.62. The van der Waals surface area contributed by atoms with Crippen molar-refractivity contribution >= 4 is 11.8 Å². The first-order chi connectivity index (χ1) is 5.70. The zero-order chi connectivity index (χ0) is 8.97. The average Bonchev–Trinajstić information content (AvgIpc) is 2.51. The van der Waals surface area contributed by atoms with Crippen molar-refractivity contribution in [3.05, 3.63) is 11.8 Å². The summed E-state index contributed by atoms with van der Waals surface area (Å²) in [7, 11) is 0. The van der Waals surface area contributed by atoms with Gasteiger partial charge in [-0.1, -0.05) is 13.8 Å². The van der Waals surface area contributed by atoms with Crippen LogP contribution >= 0.6 is 11.8 Å². The summed E-state index contributed by atoms with van der Waals surface area (Å²) in [5.41, 5.74) is 0. The van der Waals surface area contributed by atoms with Gasteiger partial charge in [0.1, 0.15) is 11.9 Å². The molecule has 0 aromatic rings. The Labute approximate surface area is 78.0 Å². The molecule has 0 fully saturated rings. The van der Waals surface area contributed by atoms with E-state index in [0.29, 0.717) is 5.25 Å². The van der Waals surface area contributed by atoms with Crippen LogP contribution in [0.25, 0.3) is 0 Å². The second-order valence-electron chi connectivity index (χ2n) is 3.14. The van der Waals surface area contributed by atoms with Crippen LogP contribution in [0.1, 0.15) is 20.3 Å². The number of aliphatic hydroxyl groups is 1. The van der Waals surface area contributed by atoms with E-state index in [4.69, 9.17) is 4.74 Å². The molecule has 1 atom stereocenters. The molecule has 1 aliphatic rings. The van der Waals surface area contributed by atoms with Crippen LogP contribution in [0.4, 0.5) is 0 Å². The third-order valence-electron chi connectivity index (χ3n) is 1.65. The summed E-state index contributed by atoms with van der Waals surface area (Å²) in [5, 5.41) is 10.2. The molecule has 70 valence electrons. The molecular weight excluding hydrogens is 172 g/mol. The van der Waals surface area contributed by atoms with Crippen LogP contribution in [-0.2, 0) is 4.74 Å². The van der Waals surface area contributed by atoms with Gasteiger partial charge in [0.25, 0.3) is 0 Å². The van der Waals surface area contributed by atoms with Crippen molar-refractivity contribution in [1.82, 2.24) is 0 Å². The van der Waals surface area contributed by atoms with E-state index in [9.17, 15) is 5.11 Å². The Morgan fingerprint density at radius 1 is 1.67 bits per heavy atom. The van der Waals surface area contributed by atoms with Crippen LogP contribution in [-0.4, -0.2) is 28.8 Å². The monoisotopic (exact) mass is 188 g/mol. The van der Waals surface area contributed by atoms with E-state index >= 15 is 0 Å². The highest BCUT2D eigenvalue weighted by Crippen LogP contribution is 2.19. The summed E-state index contributed by atoms with van der Waals surface area (Å²) in [6.07, 6.45) is 2.52. The number of thioether (sulfide) groups is 1. The lowest BCUT2D eigenvalue weighted by atomic mass is 10.3. The Morgan fingerprint density at radius 3 is 2.92 bits per heavy atom. The SMILES string of the molecule is CC(C)SCC(O)C1=CCCO1. The first-order valence-electron chi connectivity index (χ1n) is 4.32. The van der Waals surface area contributed by atoms with Gasteiger partial charge in [-0.15, -0.1) is 0 Å². The molecule has 0 saturated carbocycles. The van der Waals surface area contributed by atoms with Gasteiger partial charge in [0.15, 0.2) is 0 Å². The Hall–Kier alpha value is -0.150. The predicted molar refractivity (Wildman–Crippen MR) is 52.3 cm³/mol. The van der Waals surface area contributed by atoms with E-state index in [1.807, 2.05) is 6.08 Å². The topological polar surface area (TPSA) is 29.5 Å². The van der Waals surface area contributed by atoms with E-state index < -0.39 is 6.10 Å². The molecule has 1 heterocycles. The van der Waals surface area contributed by atoms with Crippen LogP contribution in [0.2, 0.25) is 0 Å². The molecule has 0 aromatic carbocycles. The molecule has 12 heavy (non-hydrogen) atoms. The van der Waals surface area contributed by atoms with Crippen molar-refractivity contribution in [3.63, 3.8) is 0 Å². The molecule has 1 unspecified atom stereocenters. The maximum atomic E-state index is 9.58. The summed E-state index contributed by atoms with van der Waals surface area (Å²) in [6, 6.07) is 0. The van der Waals surface area contributed by atoms with Crippen molar-refractivity contribution in [2.75, 3.05) is 12.4 Å². The maximum Gasteiger partial charge on any atom is 0.121 e. The van der Waals surface area contributed by atoms with E-state index in [1.54, 1.807) is 11.8 Å². The quantitative estimate of drug-likeness (QED) is 0.729. The first kappa shape index (κ1) is 9.93. The largest absolute Gasteiger partial charge is 0.495 e. The number of hydrogen-bond donors (Lipinski definition) is 1. The molecule has 1 aliphatic heterocycles. The smallest absolute Gasteiger partial charge is 0.121 e. The van der Waals surface area contributed by atoms with Gasteiger partial charge < -0.3 is 9.84 Å². The minimum Gasteiger partial charge on any atom is -0.495 e. The lowest BCUT2D eigenvalue weighted by Gasteiger charge is -2.12. The summed E-state index contributed by atoms with van der Waals surface area (Å²) in [6.45, 7) is 4.99. The van der Waals surface area contributed by atoms with Gasteiger partial charge in [-0.25, -0.2) is 0 Å². The molecule has 0 radical (unpaired) electrons. The summed E-state index contributed by atoms with van der Waals surface area (Å²) in [4.78, 5) is 0. The molecule has 2 nitrogen and oxygen atoms in total. The highest BCUT2D eigenvalue weighted by Gasteiger charge is 2.15. The van der Waals surface area contributed by atoms with Crippen molar-refractivity contribution in [3.8, 4) is 0 Å². The number of ether oxygens (including phenoxy) is 1. The molecule has 0 bridgehead atoms. The van der Waals surface area contributed by atoms with E-state index in [2.05, 4.69) is 13.8 Å². The van der Waals surface area contributed by atoms with Crippen LogP contribution in [0, 0.1) is 0 Å². The van der Waals surface area contributed by atoms with Gasteiger partial charge in [0.05, 0.1) is 6.61 Å². The van der Waals surface area contributed by atoms with Gasteiger partial charge in [-0.05, 0) is 11.3 Å². The Bertz CT molecular complexity index is 166. The molecule has 0 aliphatic carbocycles. The predicted octanol–water partition coefficient (Wildman–Crippen LogP) is 1.79. The average molecular weight is 188 g/mol. The highest BCUT2D eigenvalue weighted by molar-refractivity contribution is 7.99. The molecule has 0 amide bonds. The number of hydrogen-bond acceptors (Lipinski definition) is 3. The molecule has 1 rings (SSSR count). The molecular formula is C9H16O2S. The van der Waals surface area contributed by atoms with Gasteiger partial charge >= 0.3 is 0 Å². The lowest BCUT2D eigenvalue weighted by molar-refractivity contribution is 0.133. The highest BCUT2D eigenvalue weighted by atomic mass is 32.2. The minimum atomic E-state index is -0.403. The van der Waals surface area contributed by atoms with Gasteiger partial charge in [-0.2, -0.15) is 11.8 Å². The Balaban J connectivity index is 2.23. The van der Waals surface area contributed by atoms with Crippen LogP contribution in [0.15, 0.2) is 11.8 Å². The Morgan fingerprint density at radius 2 is 2.42 bits per heavy atom. The molecule has 0 aromatic heterocycles. The summed E-state index contributed by atoms with van der Waals surface area (Å²) < 4.78 is 5.24. The van der Waals surface area contributed by atoms with Crippen molar-refractivity contribution in [2.45, 2.75) is 31.6 Å². The summed E-state index contributed by atoms with van der Waals surface area (Å²) >= 11 is 1.76. The van der Waals surface area contributed by atoms with Crippen LogP contribution in [0.3, 0.4) is 0 Å². The standard InChI is InChI=1S/C9H16O2S/c1-7(2)12-6-8(10)9-4-3-5-11-9/h4,7-8,10H,3,5-6H2,1-2H3. The van der Waals surface area contributed by atoms with Crippen LogP contribution in [0.5, 0.6) is 0 Å². The van der Waals surface area contributed by atoms with E-state index in [0.717, 1.165) is 24.5 Å². The normalized spacial score (nSPS) is 19.2. The first-order valence-corrected chi connectivity index (χ1v) is 5.37. The molecule has 3 heteroatoms. The fraction of sp³-hybridized carbons (Fsp3) is 0.778. The third kappa shape index (κ3) is 3.07. The van der Waals surface area contributed by atoms with Crippen molar-refractivity contribution in [1.29, 1.82) is 0 Å². The number of rotatable bonds is 4. The maximum absolute atomic E-state index is 9.58. The van der Waals surface area contributed by atoms with Crippen molar-refractivity contribution in [2.24, 2.45) is 0 Å². The molecule has 0 spiro atoms. The van der Waals surface area contributed by atoms with Gasteiger partial charge in [-0.3, -0.25) is 0 Å². The van der Waals surface area contributed by atoms with E-state index in [-0.39, 0.29) is 0 Å².